The first kappa shape index (κ1) is 15.8. The first-order valence-electron chi connectivity index (χ1n) is 8.08. The number of ether oxygens (including phenoxy) is 2. The third kappa shape index (κ3) is 2.56. The molecule has 3 heterocycles. The third-order valence-corrected chi connectivity index (χ3v) is 6.06. The van der Waals surface area contributed by atoms with Crippen LogP contribution in [-0.2, 0) is 27.5 Å². The molecule has 0 fully saturated rings. The summed E-state index contributed by atoms with van der Waals surface area (Å²) >= 11 is 7.93. The van der Waals surface area contributed by atoms with E-state index >= 15 is 0 Å². The van der Waals surface area contributed by atoms with Gasteiger partial charge in [-0.1, -0.05) is 41.9 Å². The Hall–Kier alpha value is -2.47. The first-order valence-corrected chi connectivity index (χ1v) is 9.28. The van der Waals surface area contributed by atoms with Gasteiger partial charge in [-0.2, -0.15) is 0 Å². The summed E-state index contributed by atoms with van der Waals surface area (Å²) in [6.07, 6.45) is 1.73. The average Bonchev–Trinajstić information content (AvgIpc) is 3.33. The fourth-order valence-corrected chi connectivity index (χ4v) is 4.54. The van der Waals surface area contributed by atoms with E-state index in [9.17, 15) is 4.79 Å². The number of aliphatic imine (C=N–C) groups is 1. The second kappa shape index (κ2) is 6.06. The minimum atomic E-state index is -0.467. The van der Waals surface area contributed by atoms with Crippen LogP contribution in [0.3, 0.4) is 0 Å². The van der Waals surface area contributed by atoms with Crippen molar-refractivity contribution in [1.82, 2.24) is 0 Å². The summed E-state index contributed by atoms with van der Waals surface area (Å²) < 4.78 is 11.8. The largest absolute Gasteiger partial charge is 0.401 e. The maximum absolute atomic E-state index is 12.3. The number of carbonyl (C=O) groups excluding carboxylic acids is 1. The fraction of sp³-hybridized carbons (Fsp3) is 0.100. The predicted molar refractivity (Wildman–Crippen MR) is 102 cm³/mol. The number of hydrogen-bond donors (Lipinski definition) is 0. The van der Waals surface area contributed by atoms with Crippen LogP contribution in [0.5, 0.6) is 0 Å². The van der Waals surface area contributed by atoms with Gasteiger partial charge in [0.2, 0.25) is 5.90 Å². The van der Waals surface area contributed by atoms with Crippen LogP contribution in [0, 0.1) is 0 Å². The maximum Gasteiger partial charge on any atom is 0.363 e. The van der Waals surface area contributed by atoms with E-state index in [1.165, 1.54) is 16.9 Å². The SMILES string of the molecule is O=C1OC(c2sc3ccccc3c2Cl)=N/C1=C/c1ccc2c(c1)COC2. The lowest BCUT2D eigenvalue weighted by molar-refractivity contribution is -0.129. The number of fused-ring (bicyclic) bond motifs is 2. The topological polar surface area (TPSA) is 47.9 Å². The highest BCUT2D eigenvalue weighted by Crippen LogP contribution is 2.37. The van der Waals surface area contributed by atoms with Gasteiger partial charge in [-0.3, -0.25) is 0 Å². The van der Waals surface area contributed by atoms with Crippen molar-refractivity contribution in [3.63, 3.8) is 0 Å². The normalized spacial score (nSPS) is 17.7. The molecule has 0 saturated heterocycles. The molecular weight excluding hydrogens is 370 g/mol. The highest BCUT2D eigenvalue weighted by Gasteiger charge is 2.28. The Morgan fingerprint density at radius 3 is 2.85 bits per heavy atom. The molecule has 1 aromatic heterocycles. The minimum Gasteiger partial charge on any atom is -0.401 e. The molecule has 3 aromatic rings. The van der Waals surface area contributed by atoms with Crippen LogP contribution in [0.2, 0.25) is 5.02 Å². The van der Waals surface area contributed by atoms with Crippen molar-refractivity contribution in [1.29, 1.82) is 0 Å². The molecule has 128 valence electrons. The summed E-state index contributed by atoms with van der Waals surface area (Å²) in [7, 11) is 0. The molecule has 26 heavy (non-hydrogen) atoms. The molecular formula is C20H12ClNO3S. The van der Waals surface area contributed by atoms with Gasteiger partial charge in [0.25, 0.3) is 0 Å². The molecule has 4 nitrogen and oxygen atoms in total. The fourth-order valence-electron chi connectivity index (χ4n) is 3.10. The zero-order valence-corrected chi connectivity index (χ0v) is 15.1. The number of halogens is 1. The Balaban J connectivity index is 1.54. The Morgan fingerprint density at radius 2 is 1.96 bits per heavy atom. The Morgan fingerprint density at radius 1 is 1.12 bits per heavy atom. The van der Waals surface area contributed by atoms with Crippen LogP contribution in [0.4, 0.5) is 0 Å². The van der Waals surface area contributed by atoms with Crippen LogP contribution in [0.25, 0.3) is 16.2 Å². The number of carbonyl (C=O) groups is 1. The van der Waals surface area contributed by atoms with Crippen molar-refractivity contribution in [3.8, 4) is 0 Å². The van der Waals surface area contributed by atoms with Crippen molar-refractivity contribution < 1.29 is 14.3 Å². The lowest BCUT2D eigenvalue weighted by Gasteiger charge is -1.99. The Bertz CT molecular complexity index is 1130. The van der Waals surface area contributed by atoms with E-state index in [0.29, 0.717) is 23.1 Å². The number of nitrogens with zero attached hydrogens (tertiary/aromatic N) is 1. The monoisotopic (exact) mass is 381 g/mol. The number of esters is 1. The van der Waals surface area contributed by atoms with Crippen LogP contribution >= 0.6 is 22.9 Å². The van der Waals surface area contributed by atoms with Gasteiger partial charge in [0.1, 0.15) is 4.88 Å². The molecule has 2 aliphatic rings. The summed E-state index contributed by atoms with van der Waals surface area (Å²) in [5.41, 5.74) is 3.49. The second-order valence-electron chi connectivity index (χ2n) is 6.10. The van der Waals surface area contributed by atoms with Crippen molar-refractivity contribution in [2.45, 2.75) is 13.2 Å². The second-order valence-corrected chi connectivity index (χ2v) is 7.53. The van der Waals surface area contributed by atoms with Crippen LogP contribution in [0.1, 0.15) is 21.6 Å². The van der Waals surface area contributed by atoms with Crippen LogP contribution in [0.15, 0.2) is 53.2 Å². The van der Waals surface area contributed by atoms with Gasteiger partial charge in [0, 0.05) is 10.1 Å². The number of thiophene rings is 1. The highest BCUT2D eigenvalue weighted by molar-refractivity contribution is 7.21. The van der Waals surface area contributed by atoms with E-state index in [1.807, 2.05) is 42.5 Å². The van der Waals surface area contributed by atoms with Crippen molar-refractivity contribution >= 4 is 51.0 Å². The van der Waals surface area contributed by atoms with Crippen molar-refractivity contribution in [2.75, 3.05) is 0 Å². The molecule has 0 radical (unpaired) electrons. The van der Waals surface area contributed by atoms with E-state index in [0.717, 1.165) is 21.2 Å². The molecule has 2 aromatic carbocycles. The summed E-state index contributed by atoms with van der Waals surface area (Å²) in [5, 5.41) is 1.50. The van der Waals surface area contributed by atoms with Gasteiger partial charge in [-0.25, -0.2) is 9.79 Å². The summed E-state index contributed by atoms with van der Waals surface area (Å²) in [5.74, 6) is -0.206. The Labute approximate surface area is 158 Å². The quantitative estimate of drug-likeness (QED) is 0.467. The number of hydrogen-bond acceptors (Lipinski definition) is 5. The first-order chi connectivity index (χ1) is 12.7. The lowest BCUT2D eigenvalue weighted by Crippen LogP contribution is -2.04. The Kier molecular flexibility index (Phi) is 3.67. The minimum absolute atomic E-state index is 0.261. The third-order valence-electron chi connectivity index (χ3n) is 4.40. The average molecular weight is 382 g/mol. The van der Waals surface area contributed by atoms with Crippen molar-refractivity contribution in [2.24, 2.45) is 4.99 Å². The summed E-state index contributed by atoms with van der Waals surface area (Å²) in [4.78, 5) is 17.3. The van der Waals surface area contributed by atoms with Crippen LogP contribution < -0.4 is 0 Å². The van der Waals surface area contributed by atoms with Gasteiger partial charge >= 0.3 is 5.97 Å². The van der Waals surface area contributed by atoms with Crippen molar-refractivity contribution in [3.05, 3.63) is 74.8 Å². The number of benzene rings is 2. The number of rotatable bonds is 2. The van der Waals surface area contributed by atoms with Gasteiger partial charge in [-0.15, -0.1) is 11.3 Å². The van der Waals surface area contributed by atoms with E-state index in [2.05, 4.69) is 4.99 Å². The highest BCUT2D eigenvalue weighted by atomic mass is 35.5. The molecule has 0 spiro atoms. The van der Waals surface area contributed by atoms with Gasteiger partial charge < -0.3 is 9.47 Å². The van der Waals surface area contributed by atoms with E-state index < -0.39 is 5.97 Å². The predicted octanol–water partition coefficient (Wildman–Crippen LogP) is 4.93. The lowest BCUT2D eigenvalue weighted by atomic mass is 10.1. The maximum atomic E-state index is 12.3. The molecule has 6 heteroatoms. The standard InChI is InChI=1S/C20H12ClNO3S/c21-17-14-3-1-2-4-16(14)26-18(17)19-22-15(20(23)25-19)8-11-5-6-12-9-24-10-13(12)7-11/h1-8H,9-10H2/b15-8+. The zero-order valence-electron chi connectivity index (χ0n) is 13.5. The smallest absolute Gasteiger partial charge is 0.363 e. The zero-order chi connectivity index (χ0) is 17.7. The molecule has 2 aliphatic heterocycles. The molecule has 0 bridgehead atoms. The molecule has 0 amide bonds. The van der Waals surface area contributed by atoms with E-state index in [4.69, 9.17) is 21.1 Å². The van der Waals surface area contributed by atoms with E-state index in [-0.39, 0.29) is 11.6 Å². The number of cyclic esters (lactones) is 1. The van der Waals surface area contributed by atoms with Crippen LogP contribution in [-0.4, -0.2) is 11.9 Å². The molecule has 0 N–H and O–H groups in total. The molecule has 0 unspecified atom stereocenters. The summed E-state index contributed by atoms with van der Waals surface area (Å²) in [6, 6.07) is 13.8. The van der Waals surface area contributed by atoms with E-state index in [1.54, 1.807) is 6.08 Å². The summed E-state index contributed by atoms with van der Waals surface area (Å²) in [6.45, 7) is 1.24. The molecule has 0 aliphatic carbocycles. The molecule has 0 atom stereocenters. The molecule has 0 saturated carbocycles. The van der Waals surface area contributed by atoms with Gasteiger partial charge in [0.15, 0.2) is 5.70 Å². The van der Waals surface area contributed by atoms with Gasteiger partial charge in [0.05, 0.1) is 18.2 Å². The van der Waals surface area contributed by atoms with Gasteiger partial charge in [-0.05, 0) is 34.9 Å². The molecule has 5 rings (SSSR count).